The van der Waals surface area contributed by atoms with Crippen LogP contribution in [0.3, 0.4) is 0 Å². The minimum absolute atomic E-state index is 0.00282. The van der Waals surface area contributed by atoms with E-state index in [1.165, 1.54) is 0 Å². The molecule has 1 N–H and O–H groups in total. The number of nitrogens with one attached hydrogen (secondary N) is 1. The largest absolute Gasteiger partial charge is 0.497 e. The Morgan fingerprint density at radius 3 is 2.78 bits per heavy atom. The highest BCUT2D eigenvalue weighted by Crippen LogP contribution is 2.16. The third-order valence-corrected chi connectivity index (χ3v) is 2.62. The number of anilines is 1. The van der Waals surface area contributed by atoms with Gasteiger partial charge >= 0.3 is 0 Å². The number of amides is 1. The molecule has 0 bridgehead atoms. The van der Waals surface area contributed by atoms with Crippen molar-refractivity contribution in [2.45, 2.75) is 13.0 Å². The number of nitrogens with zero attached hydrogens (tertiary/aromatic N) is 1. The maximum absolute atomic E-state index is 11.7. The summed E-state index contributed by atoms with van der Waals surface area (Å²) >= 11 is 0. The lowest BCUT2D eigenvalue weighted by atomic mass is 10.3. The summed E-state index contributed by atoms with van der Waals surface area (Å²) in [5.41, 5.74) is 0.756. The molecule has 0 saturated heterocycles. The first-order chi connectivity index (χ1) is 8.78. The number of hydrogen-bond donors (Lipinski definition) is 1. The van der Waals surface area contributed by atoms with Gasteiger partial charge in [-0.1, -0.05) is 6.07 Å². The van der Waals surface area contributed by atoms with Crippen LogP contribution in [-0.2, 0) is 11.3 Å². The number of aryl methyl sites for hydroxylation is 1. The standard InChI is InChI=1S/C14H16N2O2/c1-18-13-6-4-5-12(11-13)15-14(17)7-10-16-8-2-3-9-16/h2-6,8-9,11H,7,10H2,1H3,(H,15,17). The Bertz CT molecular complexity index is 506. The molecule has 4 heteroatoms. The number of aromatic nitrogens is 1. The normalized spacial score (nSPS) is 10.1. The molecule has 0 aliphatic carbocycles. The lowest BCUT2D eigenvalue weighted by Gasteiger charge is -2.07. The van der Waals surface area contributed by atoms with Gasteiger partial charge in [0.15, 0.2) is 0 Å². The van der Waals surface area contributed by atoms with Crippen molar-refractivity contribution in [2.24, 2.45) is 0 Å². The van der Waals surface area contributed by atoms with Gasteiger partial charge in [0, 0.05) is 37.1 Å². The molecule has 1 heterocycles. The molecule has 0 radical (unpaired) electrons. The summed E-state index contributed by atoms with van der Waals surface area (Å²) in [5.74, 6) is 0.732. The molecule has 0 fully saturated rings. The van der Waals surface area contributed by atoms with Crippen molar-refractivity contribution in [1.29, 1.82) is 0 Å². The van der Waals surface area contributed by atoms with E-state index in [0.29, 0.717) is 13.0 Å². The van der Waals surface area contributed by atoms with Crippen molar-refractivity contribution >= 4 is 11.6 Å². The topological polar surface area (TPSA) is 43.3 Å². The molecule has 1 aromatic carbocycles. The van der Waals surface area contributed by atoms with Gasteiger partial charge in [-0.15, -0.1) is 0 Å². The lowest BCUT2D eigenvalue weighted by Crippen LogP contribution is -2.13. The van der Waals surface area contributed by atoms with Gasteiger partial charge in [-0.05, 0) is 24.3 Å². The molecular formula is C14H16N2O2. The van der Waals surface area contributed by atoms with Crippen molar-refractivity contribution in [1.82, 2.24) is 4.57 Å². The van der Waals surface area contributed by atoms with Gasteiger partial charge in [0.2, 0.25) is 5.91 Å². The molecule has 1 amide bonds. The molecular weight excluding hydrogens is 228 g/mol. The van der Waals surface area contributed by atoms with Crippen LogP contribution in [0.1, 0.15) is 6.42 Å². The highest BCUT2D eigenvalue weighted by Gasteiger charge is 2.03. The molecule has 18 heavy (non-hydrogen) atoms. The Hall–Kier alpha value is -2.23. The Labute approximate surface area is 106 Å². The van der Waals surface area contributed by atoms with E-state index in [1.807, 2.05) is 47.3 Å². The average molecular weight is 244 g/mol. The summed E-state index contributed by atoms with van der Waals surface area (Å²) in [7, 11) is 1.60. The number of carbonyl (C=O) groups excluding carboxylic acids is 1. The number of hydrogen-bond acceptors (Lipinski definition) is 2. The van der Waals surface area contributed by atoms with Gasteiger partial charge in [-0.3, -0.25) is 4.79 Å². The summed E-state index contributed by atoms with van der Waals surface area (Å²) in [5, 5.41) is 2.85. The zero-order valence-corrected chi connectivity index (χ0v) is 10.3. The molecule has 2 aromatic rings. The van der Waals surface area contributed by atoms with E-state index in [9.17, 15) is 4.79 Å². The summed E-state index contributed by atoms with van der Waals surface area (Å²) in [4.78, 5) is 11.7. The Kier molecular flexibility index (Phi) is 4.02. The van der Waals surface area contributed by atoms with Crippen molar-refractivity contribution in [3.8, 4) is 5.75 Å². The minimum atomic E-state index is -0.00282. The fraction of sp³-hybridized carbons (Fsp3) is 0.214. The fourth-order valence-corrected chi connectivity index (χ4v) is 1.67. The van der Waals surface area contributed by atoms with Gasteiger partial charge in [-0.2, -0.15) is 0 Å². The summed E-state index contributed by atoms with van der Waals surface area (Å²) in [6.07, 6.45) is 4.34. The maximum atomic E-state index is 11.7. The van der Waals surface area contributed by atoms with Crippen LogP contribution in [0.15, 0.2) is 48.8 Å². The van der Waals surface area contributed by atoms with E-state index in [0.717, 1.165) is 11.4 Å². The zero-order chi connectivity index (χ0) is 12.8. The van der Waals surface area contributed by atoms with Gasteiger partial charge in [-0.25, -0.2) is 0 Å². The van der Waals surface area contributed by atoms with Crippen LogP contribution >= 0.6 is 0 Å². The molecule has 0 atom stereocenters. The first-order valence-electron chi connectivity index (χ1n) is 5.82. The molecule has 0 aliphatic heterocycles. The molecule has 1 aromatic heterocycles. The zero-order valence-electron chi connectivity index (χ0n) is 10.3. The van der Waals surface area contributed by atoms with E-state index in [-0.39, 0.29) is 5.91 Å². The second-order valence-electron chi connectivity index (χ2n) is 3.95. The fourth-order valence-electron chi connectivity index (χ4n) is 1.67. The van der Waals surface area contributed by atoms with Crippen molar-refractivity contribution in [2.75, 3.05) is 12.4 Å². The predicted octanol–water partition coefficient (Wildman–Crippen LogP) is 2.53. The highest BCUT2D eigenvalue weighted by atomic mass is 16.5. The second kappa shape index (κ2) is 5.91. The van der Waals surface area contributed by atoms with Crippen LogP contribution in [0, 0.1) is 0 Å². The van der Waals surface area contributed by atoms with Gasteiger partial charge in [0.25, 0.3) is 0 Å². The molecule has 0 saturated carbocycles. The quantitative estimate of drug-likeness (QED) is 0.878. The molecule has 0 unspecified atom stereocenters. The van der Waals surface area contributed by atoms with Crippen molar-refractivity contribution in [3.63, 3.8) is 0 Å². The third-order valence-electron chi connectivity index (χ3n) is 2.62. The van der Waals surface area contributed by atoms with Crippen LogP contribution < -0.4 is 10.1 Å². The lowest BCUT2D eigenvalue weighted by molar-refractivity contribution is -0.116. The van der Waals surface area contributed by atoms with Crippen molar-refractivity contribution < 1.29 is 9.53 Å². The number of carbonyl (C=O) groups is 1. The predicted molar refractivity (Wildman–Crippen MR) is 70.7 cm³/mol. The molecule has 4 nitrogen and oxygen atoms in total. The van der Waals surface area contributed by atoms with Crippen LogP contribution in [0.4, 0.5) is 5.69 Å². The first-order valence-corrected chi connectivity index (χ1v) is 5.82. The molecule has 94 valence electrons. The Morgan fingerprint density at radius 1 is 1.28 bits per heavy atom. The minimum Gasteiger partial charge on any atom is -0.497 e. The number of ether oxygens (including phenoxy) is 1. The summed E-state index contributed by atoms with van der Waals surface area (Å²) in [6, 6.07) is 11.2. The van der Waals surface area contributed by atoms with E-state index in [4.69, 9.17) is 4.74 Å². The Morgan fingerprint density at radius 2 is 2.06 bits per heavy atom. The molecule has 2 rings (SSSR count). The van der Waals surface area contributed by atoms with E-state index < -0.39 is 0 Å². The summed E-state index contributed by atoms with van der Waals surface area (Å²) in [6.45, 7) is 0.683. The first kappa shape index (κ1) is 12.2. The number of rotatable bonds is 5. The number of methoxy groups -OCH3 is 1. The van der Waals surface area contributed by atoms with E-state index in [2.05, 4.69) is 5.32 Å². The summed E-state index contributed by atoms with van der Waals surface area (Å²) < 4.78 is 7.08. The monoisotopic (exact) mass is 244 g/mol. The van der Waals surface area contributed by atoms with Gasteiger partial charge < -0.3 is 14.6 Å². The van der Waals surface area contributed by atoms with Crippen molar-refractivity contribution in [3.05, 3.63) is 48.8 Å². The highest BCUT2D eigenvalue weighted by molar-refractivity contribution is 5.90. The second-order valence-corrected chi connectivity index (χ2v) is 3.95. The van der Waals surface area contributed by atoms with Crippen LogP contribution in [0.2, 0.25) is 0 Å². The third kappa shape index (κ3) is 3.38. The smallest absolute Gasteiger partial charge is 0.226 e. The Balaban J connectivity index is 1.86. The maximum Gasteiger partial charge on any atom is 0.226 e. The average Bonchev–Trinajstić information content (AvgIpc) is 2.90. The van der Waals surface area contributed by atoms with Crippen LogP contribution in [0.5, 0.6) is 5.75 Å². The molecule has 0 aliphatic rings. The van der Waals surface area contributed by atoms with E-state index >= 15 is 0 Å². The van der Waals surface area contributed by atoms with Gasteiger partial charge in [0.05, 0.1) is 7.11 Å². The number of benzene rings is 1. The van der Waals surface area contributed by atoms with E-state index in [1.54, 1.807) is 13.2 Å². The van der Waals surface area contributed by atoms with Crippen LogP contribution in [0.25, 0.3) is 0 Å². The SMILES string of the molecule is COc1cccc(NC(=O)CCn2cccc2)c1. The van der Waals surface area contributed by atoms with Gasteiger partial charge in [0.1, 0.15) is 5.75 Å². The molecule has 0 spiro atoms. The van der Waals surface area contributed by atoms with Crippen LogP contribution in [-0.4, -0.2) is 17.6 Å².